The fourth-order valence-corrected chi connectivity index (χ4v) is 3.96. The smallest absolute Gasteiger partial charge is 0.306 e. The third-order valence-electron chi connectivity index (χ3n) is 6.20. The lowest BCUT2D eigenvalue weighted by Gasteiger charge is -2.16. The largest absolute Gasteiger partial charge is 0.481 e. The van der Waals surface area contributed by atoms with E-state index in [4.69, 9.17) is 39.4 Å². The monoisotopic (exact) mass is 476 g/mol. The van der Waals surface area contributed by atoms with Gasteiger partial charge in [0, 0.05) is 0 Å². The molecule has 2 saturated carbocycles. The van der Waals surface area contributed by atoms with Crippen molar-refractivity contribution in [3.8, 4) is 0 Å². The number of aliphatic hydroxyl groups is 2. The van der Waals surface area contributed by atoms with E-state index < -0.39 is 18.0 Å². The number of carboxylic acid groups (broad SMARTS) is 2. The molecule has 0 aromatic rings. The van der Waals surface area contributed by atoms with Crippen molar-refractivity contribution in [2.24, 2.45) is 11.8 Å². The van der Waals surface area contributed by atoms with Gasteiger partial charge in [0.25, 0.3) is 0 Å². The van der Waals surface area contributed by atoms with E-state index in [0.717, 1.165) is 38.5 Å². The van der Waals surface area contributed by atoms with Crippen molar-refractivity contribution in [1.82, 2.24) is 0 Å². The average molecular weight is 477 g/mol. The molecule has 9 atom stereocenters. The number of epoxide rings is 2. The van der Waals surface area contributed by atoms with E-state index in [-0.39, 0.29) is 42.9 Å². The van der Waals surface area contributed by atoms with Crippen molar-refractivity contribution in [2.45, 2.75) is 102 Å². The molecule has 2 heterocycles. The molecule has 9 unspecified atom stereocenters. The Balaban J connectivity index is 0.000000176. The van der Waals surface area contributed by atoms with E-state index in [1.54, 1.807) is 13.8 Å². The Kier molecular flexibility index (Phi) is 11.5. The van der Waals surface area contributed by atoms with Crippen molar-refractivity contribution < 1.29 is 49.0 Å². The number of carboxylic acids is 2. The van der Waals surface area contributed by atoms with E-state index in [9.17, 15) is 9.59 Å². The fraction of sp³-hybridized carbons (Fsp3) is 0.913. The lowest BCUT2D eigenvalue weighted by atomic mass is 9.90. The second-order valence-electron chi connectivity index (χ2n) is 9.44. The van der Waals surface area contributed by atoms with Crippen molar-refractivity contribution in [1.29, 1.82) is 0 Å². The Labute approximate surface area is 195 Å². The van der Waals surface area contributed by atoms with Crippen molar-refractivity contribution >= 4 is 11.9 Å². The molecule has 0 aromatic carbocycles. The van der Waals surface area contributed by atoms with Crippen LogP contribution >= 0.6 is 0 Å². The summed E-state index contributed by atoms with van der Waals surface area (Å²) in [6.45, 7) is 6.10. The Morgan fingerprint density at radius 3 is 1.61 bits per heavy atom. The number of hydrogen-bond donors (Lipinski definition) is 4. The van der Waals surface area contributed by atoms with Crippen LogP contribution < -0.4 is 0 Å². The topological polar surface area (TPSA) is 159 Å². The van der Waals surface area contributed by atoms with Crippen molar-refractivity contribution in [3.63, 3.8) is 0 Å². The second-order valence-corrected chi connectivity index (χ2v) is 9.44. The van der Waals surface area contributed by atoms with Crippen LogP contribution in [0, 0.1) is 11.8 Å². The molecular formula is C23H40O10. The summed E-state index contributed by atoms with van der Waals surface area (Å²) in [6.07, 6.45) is 5.71. The molecule has 0 amide bonds. The van der Waals surface area contributed by atoms with Crippen LogP contribution in [0.25, 0.3) is 0 Å². The van der Waals surface area contributed by atoms with E-state index in [1.165, 1.54) is 0 Å². The quantitative estimate of drug-likeness (QED) is 0.359. The number of aliphatic hydroxyl groups excluding tert-OH is 2. The first-order valence-corrected chi connectivity index (χ1v) is 11.9. The molecule has 10 nitrogen and oxygen atoms in total. The second kappa shape index (κ2) is 13.6. The summed E-state index contributed by atoms with van der Waals surface area (Å²) < 4.78 is 20.9. The number of fused-ring (bicyclic) bond motifs is 2. The van der Waals surface area contributed by atoms with E-state index in [2.05, 4.69) is 0 Å². The van der Waals surface area contributed by atoms with Crippen LogP contribution in [-0.2, 0) is 28.5 Å². The zero-order valence-electron chi connectivity index (χ0n) is 19.8. The highest BCUT2D eigenvalue weighted by atomic mass is 16.6. The first-order valence-electron chi connectivity index (χ1n) is 11.9. The molecule has 4 aliphatic rings. The van der Waals surface area contributed by atoms with Crippen LogP contribution in [0.2, 0.25) is 0 Å². The molecule has 4 fully saturated rings. The van der Waals surface area contributed by atoms with Gasteiger partial charge in [0.05, 0.1) is 74.4 Å². The highest BCUT2D eigenvalue weighted by molar-refractivity contribution is 5.70. The van der Waals surface area contributed by atoms with Crippen LogP contribution in [0.4, 0.5) is 0 Å². The molecule has 2 saturated heterocycles. The van der Waals surface area contributed by atoms with Gasteiger partial charge in [-0.15, -0.1) is 0 Å². The third-order valence-corrected chi connectivity index (χ3v) is 6.20. The maximum Gasteiger partial charge on any atom is 0.306 e. The highest BCUT2D eigenvalue weighted by Gasteiger charge is 2.46. The van der Waals surface area contributed by atoms with Crippen molar-refractivity contribution in [2.75, 3.05) is 19.8 Å². The predicted octanol–water partition coefficient (Wildman–Crippen LogP) is 1.45. The summed E-state index contributed by atoms with van der Waals surface area (Å²) in [4.78, 5) is 20.9. The number of aliphatic carboxylic acids is 2. The SMILES string of the molecule is CC(O)COC(C)COC(C)CO.O=C(O)C1CCC2OC2C1.O=C(O)C1CCC2OC2C1. The van der Waals surface area contributed by atoms with Gasteiger partial charge >= 0.3 is 11.9 Å². The zero-order valence-corrected chi connectivity index (χ0v) is 19.8. The number of rotatable bonds is 9. The summed E-state index contributed by atoms with van der Waals surface area (Å²) in [5, 5.41) is 34.8. The first kappa shape index (κ1) is 27.9. The van der Waals surface area contributed by atoms with Gasteiger partial charge in [0.1, 0.15) is 0 Å². The maximum absolute atomic E-state index is 10.5. The Bertz CT molecular complexity index is 574. The minimum Gasteiger partial charge on any atom is -0.481 e. The molecule has 0 aromatic heterocycles. The molecule has 33 heavy (non-hydrogen) atoms. The van der Waals surface area contributed by atoms with Gasteiger partial charge in [0.2, 0.25) is 0 Å². The van der Waals surface area contributed by atoms with Gasteiger partial charge in [0.15, 0.2) is 0 Å². The van der Waals surface area contributed by atoms with Gasteiger partial charge in [-0.25, -0.2) is 0 Å². The number of hydrogen-bond acceptors (Lipinski definition) is 8. The molecule has 0 bridgehead atoms. The van der Waals surface area contributed by atoms with E-state index in [0.29, 0.717) is 25.4 Å². The fourth-order valence-electron chi connectivity index (χ4n) is 3.96. The highest BCUT2D eigenvalue weighted by Crippen LogP contribution is 2.40. The molecule has 2 aliphatic carbocycles. The summed E-state index contributed by atoms with van der Waals surface area (Å²) in [6, 6.07) is 0. The maximum atomic E-state index is 10.5. The lowest BCUT2D eigenvalue weighted by molar-refractivity contribution is -0.143. The molecule has 0 spiro atoms. The van der Waals surface area contributed by atoms with Crippen LogP contribution in [0.1, 0.15) is 59.3 Å². The van der Waals surface area contributed by atoms with Gasteiger partial charge in [-0.2, -0.15) is 0 Å². The predicted molar refractivity (Wildman–Crippen MR) is 117 cm³/mol. The van der Waals surface area contributed by atoms with Crippen LogP contribution in [0.5, 0.6) is 0 Å². The Morgan fingerprint density at radius 2 is 1.24 bits per heavy atom. The number of ether oxygens (including phenoxy) is 4. The molecule has 192 valence electrons. The first-order chi connectivity index (χ1) is 15.6. The standard InChI is InChI=1S/C9H20O4.2C7H10O3/c1-7(11)5-12-9(3)6-13-8(2)4-10;2*8-7(9)4-1-2-5-6(3-4)10-5/h7-11H,4-6H2,1-3H3;2*4-6H,1-3H2,(H,8,9). The van der Waals surface area contributed by atoms with Crippen LogP contribution in [0.15, 0.2) is 0 Å². The van der Waals surface area contributed by atoms with Gasteiger partial charge < -0.3 is 39.4 Å². The molecule has 4 N–H and O–H groups in total. The third kappa shape index (κ3) is 10.7. The van der Waals surface area contributed by atoms with Gasteiger partial charge in [-0.3, -0.25) is 9.59 Å². The normalized spacial score (nSPS) is 34.0. The molecule has 10 heteroatoms. The minimum atomic E-state index is -0.658. The Hall–Kier alpha value is -1.30. The van der Waals surface area contributed by atoms with Crippen molar-refractivity contribution in [3.05, 3.63) is 0 Å². The summed E-state index contributed by atoms with van der Waals surface area (Å²) in [7, 11) is 0. The lowest BCUT2D eigenvalue weighted by Crippen LogP contribution is -2.24. The number of carbonyl (C=O) groups is 2. The molecule has 4 rings (SSSR count). The van der Waals surface area contributed by atoms with Gasteiger partial charge in [-0.1, -0.05) is 0 Å². The molecular weight excluding hydrogens is 436 g/mol. The summed E-state index contributed by atoms with van der Waals surface area (Å²) in [5.41, 5.74) is 0. The van der Waals surface area contributed by atoms with E-state index >= 15 is 0 Å². The summed E-state index contributed by atoms with van der Waals surface area (Å²) in [5.74, 6) is -1.59. The Morgan fingerprint density at radius 1 is 0.788 bits per heavy atom. The molecule has 0 radical (unpaired) electrons. The molecule has 2 aliphatic heterocycles. The summed E-state index contributed by atoms with van der Waals surface area (Å²) >= 11 is 0. The van der Waals surface area contributed by atoms with Crippen LogP contribution in [0.3, 0.4) is 0 Å². The van der Waals surface area contributed by atoms with Crippen LogP contribution in [-0.4, -0.2) is 94.9 Å². The minimum absolute atomic E-state index is 0.0170. The average Bonchev–Trinajstić information content (AvgIpc) is 3.69. The zero-order chi connectivity index (χ0) is 24.5. The van der Waals surface area contributed by atoms with E-state index in [1.807, 2.05) is 6.92 Å². The van der Waals surface area contributed by atoms with Gasteiger partial charge in [-0.05, 0) is 59.3 Å².